The lowest BCUT2D eigenvalue weighted by molar-refractivity contribution is -0.0379. The topological polar surface area (TPSA) is 102 Å². The molecule has 3 heterocycles. The summed E-state index contributed by atoms with van der Waals surface area (Å²) in [5, 5.41) is 0. The molecule has 10 heteroatoms. The van der Waals surface area contributed by atoms with Crippen LogP contribution in [0.15, 0.2) is 40.0 Å². The fourth-order valence-electron chi connectivity index (χ4n) is 3.11. The second-order valence-electron chi connectivity index (χ2n) is 7.25. The Morgan fingerprint density at radius 3 is 2.68 bits per heavy atom. The second kappa shape index (κ2) is 6.66. The van der Waals surface area contributed by atoms with Gasteiger partial charge >= 0.3 is 0 Å². The van der Waals surface area contributed by atoms with E-state index >= 15 is 0 Å². The summed E-state index contributed by atoms with van der Waals surface area (Å²) >= 11 is 1.38. The number of anilines is 1. The van der Waals surface area contributed by atoms with Gasteiger partial charge in [0.1, 0.15) is 4.70 Å². The van der Waals surface area contributed by atoms with Gasteiger partial charge in [0.25, 0.3) is 15.6 Å². The van der Waals surface area contributed by atoms with Crippen molar-refractivity contribution in [1.82, 2.24) is 14.4 Å². The predicted octanol–water partition coefficient (Wildman–Crippen LogP) is 2.15. The Hall–Kier alpha value is -2.27. The van der Waals surface area contributed by atoms with Crippen LogP contribution >= 0.6 is 11.3 Å². The fraction of sp³-hybridized carbons (Fsp3) is 0.333. The van der Waals surface area contributed by atoms with E-state index in [1.807, 2.05) is 13.8 Å². The number of rotatable bonds is 4. The number of nitrogens with one attached hydrogen (secondary N) is 2. The molecule has 0 atom stereocenters. The van der Waals surface area contributed by atoms with Gasteiger partial charge in [0.2, 0.25) is 5.95 Å². The summed E-state index contributed by atoms with van der Waals surface area (Å²) in [5.41, 5.74) is 3.60. The van der Waals surface area contributed by atoms with E-state index in [4.69, 9.17) is 4.74 Å². The van der Waals surface area contributed by atoms with Crippen molar-refractivity contribution in [2.75, 3.05) is 5.43 Å². The van der Waals surface area contributed by atoms with Gasteiger partial charge in [-0.15, -0.1) is 16.2 Å². The van der Waals surface area contributed by atoms with Crippen LogP contribution in [0, 0.1) is 0 Å². The number of ether oxygens (including phenoxy) is 1. The molecule has 0 saturated carbocycles. The zero-order chi connectivity index (χ0) is 20.1. The highest BCUT2D eigenvalue weighted by atomic mass is 32.2. The SMILES string of the molecule is Cn1c(NNS(=O)(=O)c2ccccc2)nc2c3c(sc2c1=O)COC(C)(C)C3. The van der Waals surface area contributed by atoms with Crippen LogP contribution < -0.4 is 15.8 Å². The molecule has 28 heavy (non-hydrogen) atoms. The molecule has 0 saturated heterocycles. The summed E-state index contributed by atoms with van der Waals surface area (Å²) in [5.74, 6) is 0.127. The highest BCUT2D eigenvalue weighted by Gasteiger charge is 2.31. The van der Waals surface area contributed by atoms with Crippen molar-refractivity contribution in [3.63, 3.8) is 0 Å². The maximum atomic E-state index is 12.8. The van der Waals surface area contributed by atoms with Crippen LogP contribution in [0.4, 0.5) is 5.95 Å². The van der Waals surface area contributed by atoms with Gasteiger partial charge in [0.05, 0.1) is 22.6 Å². The van der Waals surface area contributed by atoms with Crippen LogP contribution in [0.2, 0.25) is 0 Å². The van der Waals surface area contributed by atoms with Crippen LogP contribution in [-0.2, 0) is 34.8 Å². The maximum absolute atomic E-state index is 12.8. The molecule has 0 unspecified atom stereocenters. The molecule has 0 bridgehead atoms. The van der Waals surface area contributed by atoms with Crippen molar-refractivity contribution >= 4 is 37.5 Å². The van der Waals surface area contributed by atoms with Gasteiger partial charge in [-0.05, 0) is 31.5 Å². The van der Waals surface area contributed by atoms with Crippen molar-refractivity contribution in [3.05, 3.63) is 51.1 Å². The third-order valence-electron chi connectivity index (χ3n) is 4.64. The molecule has 1 aliphatic rings. The predicted molar refractivity (Wildman–Crippen MR) is 108 cm³/mol. The van der Waals surface area contributed by atoms with Gasteiger partial charge in [-0.2, -0.15) is 0 Å². The van der Waals surface area contributed by atoms with E-state index in [9.17, 15) is 13.2 Å². The minimum Gasteiger partial charge on any atom is -0.370 e. The van der Waals surface area contributed by atoms with Crippen LogP contribution in [0.3, 0.4) is 0 Å². The largest absolute Gasteiger partial charge is 0.370 e. The standard InChI is InChI=1S/C18H20N4O4S2/c1-18(2)9-12-13(10-26-18)27-15-14(12)19-17(22(3)16(15)23)20-21-28(24,25)11-7-5-4-6-8-11/h4-8,21H,9-10H2,1-3H3,(H,19,20). The molecule has 1 aromatic carbocycles. The second-order valence-corrected chi connectivity index (χ2v) is 10.0. The van der Waals surface area contributed by atoms with Gasteiger partial charge < -0.3 is 4.74 Å². The van der Waals surface area contributed by atoms with Crippen molar-refractivity contribution in [1.29, 1.82) is 0 Å². The van der Waals surface area contributed by atoms with E-state index in [1.165, 1.54) is 28.0 Å². The van der Waals surface area contributed by atoms with Crippen LogP contribution in [-0.4, -0.2) is 23.6 Å². The average Bonchev–Trinajstić information content (AvgIpc) is 3.01. The van der Waals surface area contributed by atoms with E-state index in [-0.39, 0.29) is 22.0 Å². The van der Waals surface area contributed by atoms with E-state index in [2.05, 4.69) is 15.2 Å². The highest BCUT2D eigenvalue weighted by Crippen LogP contribution is 2.37. The van der Waals surface area contributed by atoms with Crippen molar-refractivity contribution in [3.8, 4) is 0 Å². The number of hydrogen-bond donors (Lipinski definition) is 2. The molecular weight excluding hydrogens is 400 g/mol. The maximum Gasteiger partial charge on any atom is 0.272 e. The number of aromatic nitrogens is 2. The smallest absolute Gasteiger partial charge is 0.272 e. The van der Waals surface area contributed by atoms with Gasteiger partial charge in [-0.1, -0.05) is 18.2 Å². The molecule has 8 nitrogen and oxygen atoms in total. The Morgan fingerprint density at radius 1 is 1.25 bits per heavy atom. The number of thiophene rings is 1. The number of benzene rings is 1. The molecule has 2 N–H and O–H groups in total. The zero-order valence-electron chi connectivity index (χ0n) is 15.6. The van der Waals surface area contributed by atoms with Crippen LogP contribution in [0.1, 0.15) is 24.3 Å². The molecule has 4 rings (SSSR count). The summed E-state index contributed by atoms with van der Waals surface area (Å²) in [7, 11) is -2.25. The number of fused-ring (bicyclic) bond motifs is 3. The minimum absolute atomic E-state index is 0.111. The Kier molecular flexibility index (Phi) is 4.53. The summed E-state index contributed by atoms with van der Waals surface area (Å²) in [6.45, 7) is 4.43. The lowest BCUT2D eigenvalue weighted by atomic mass is 9.95. The third-order valence-corrected chi connectivity index (χ3v) is 7.09. The van der Waals surface area contributed by atoms with Crippen molar-refractivity contribution in [2.45, 2.75) is 37.4 Å². The first-order valence-corrected chi connectivity index (χ1v) is 11.0. The Balaban J connectivity index is 1.72. The Morgan fingerprint density at radius 2 is 1.96 bits per heavy atom. The van der Waals surface area contributed by atoms with Crippen molar-refractivity contribution in [2.24, 2.45) is 7.05 Å². The van der Waals surface area contributed by atoms with Gasteiger partial charge in [0.15, 0.2) is 0 Å². The van der Waals surface area contributed by atoms with E-state index in [0.29, 0.717) is 23.2 Å². The first kappa shape index (κ1) is 19.1. The van der Waals surface area contributed by atoms with Gasteiger partial charge in [0, 0.05) is 18.3 Å². The number of hydrogen-bond acceptors (Lipinski definition) is 7. The normalized spacial score (nSPS) is 16.1. The number of sulfonamides is 1. The van der Waals surface area contributed by atoms with E-state index < -0.39 is 10.0 Å². The van der Waals surface area contributed by atoms with Crippen molar-refractivity contribution < 1.29 is 13.2 Å². The molecule has 1 aliphatic heterocycles. The molecule has 0 amide bonds. The lowest BCUT2D eigenvalue weighted by Crippen LogP contribution is -2.34. The third kappa shape index (κ3) is 3.32. The number of nitrogens with zero attached hydrogens (tertiary/aromatic N) is 2. The fourth-order valence-corrected chi connectivity index (χ4v) is 5.12. The molecule has 3 aromatic rings. The number of hydrazine groups is 1. The van der Waals surface area contributed by atoms with Gasteiger partial charge in [-0.25, -0.2) is 13.4 Å². The minimum atomic E-state index is -3.80. The first-order valence-electron chi connectivity index (χ1n) is 8.66. The van der Waals surface area contributed by atoms with Gasteiger partial charge in [-0.3, -0.25) is 14.8 Å². The first-order chi connectivity index (χ1) is 13.2. The van der Waals surface area contributed by atoms with E-state index in [1.54, 1.807) is 25.2 Å². The van der Waals surface area contributed by atoms with E-state index in [0.717, 1.165) is 10.4 Å². The molecule has 148 valence electrons. The quantitative estimate of drug-likeness (QED) is 0.627. The molecule has 0 fully saturated rings. The van der Waals surface area contributed by atoms with Crippen LogP contribution in [0.5, 0.6) is 0 Å². The molecule has 2 aromatic heterocycles. The summed E-state index contributed by atoms with van der Waals surface area (Å²) in [4.78, 5) is 20.7. The Bertz CT molecular complexity index is 1210. The molecule has 0 aliphatic carbocycles. The Labute approximate surface area is 166 Å². The summed E-state index contributed by atoms with van der Waals surface area (Å²) in [6.07, 6.45) is 0.637. The average molecular weight is 421 g/mol. The summed E-state index contributed by atoms with van der Waals surface area (Å²) < 4.78 is 32.5. The summed E-state index contributed by atoms with van der Waals surface area (Å²) in [6, 6.07) is 7.97. The lowest BCUT2D eigenvalue weighted by Gasteiger charge is -2.29. The van der Waals surface area contributed by atoms with Crippen LogP contribution in [0.25, 0.3) is 10.2 Å². The highest BCUT2D eigenvalue weighted by molar-refractivity contribution is 7.89. The monoisotopic (exact) mass is 420 g/mol. The molecule has 0 radical (unpaired) electrons. The molecular formula is C18H20N4O4S2. The zero-order valence-corrected chi connectivity index (χ0v) is 17.3. The molecule has 0 spiro atoms.